The van der Waals surface area contributed by atoms with Crippen molar-refractivity contribution in [3.8, 4) is 11.5 Å². The van der Waals surface area contributed by atoms with Gasteiger partial charge in [-0.3, -0.25) is 4.79 Å². The summed E-state index contributed by atoms with van der Waals surface area (Å²) in [4.78, 5) is 12.3. The Morgan fingerprint density at radius 3 is 2.26 bits per heavy atom. The molecule has 1 atom stereocenters. The van der Waals surface area contributed by atoms with Crippen molar-refractivity contribution in [1.82, 2.24) is 0 Å². The molecule has 122 valence electrons. The number of anilines is 1. The fourth-order valence-corrected chi connectivity index (χ4v) is 2.17. The van der Waals surface area contributed by atoms with Crippen molar-refractivity contribution in [3.05, 3.63) is 54.1 Å². The van der Waals surface area contributed by atoms with Gasteiger partial charge in [0.15, 0.2) is 6.10 Å². The highest BCUT2D eigenvalue weighted by molar-refractivity contribution is 5.95. The first kappa shape index (κ1) is 16.9. The van der Waals surface area contributed by atoms with E-state index in [9.17, 15) is 4.79 Å². The second kappa shape index (κ2) is 7.68. The van der Waals surface area contributed by atoms with Crippen molar-refractivity contribution < 1.29 is 14.3 Å². The zero-order chi connectivity index (χ0) is 16.8. The molecule has 0 saturated heterocycles. The van der Waals surface area contributed by atoms with E-state index in [1.807, 2.05) is 36.4 Å². The number of ether oxygens (including phenoxy) is 2. The predicted octanol–water partition coefficient (Wildman–Crippen LogP) is 4.22. The van der Waals surface area contributed by atoms with Crippen LogP contribution in [0, 0.1) is 0 Å². The molecule has 0 fully saturated rings. The van der Waals surface area contributed by atoms with Crippen molar-refractivity contribution in [2.75, 3.05) is 12.4 Å². The van der Waals surface area contributed by atoms with Crippen LogP contribution in [0.25, 0.3) is 0 Å². The number of para-hydroxylation sites is 2. The number of amides is 1. The van der Waals surface area contributed by atoms with E-state index in [1.165, 1.54) is 5.56 Å². The maximum absolute atomic E-state index is 12.3. The van der Waals surface area contributed by atoms with E-state index in [1.54, 1.807) is 26.2 Å². The van der Waals surface area contributed by atoms with Gasteiger partial charge in [0, 0.05) is 0 Å². The topological polar surface area (TPSA) is 47.6 Å². The van der Waals surface area contributed by atoms with Crippen LogP contribution in [0.5, 0.6) is 11.5 Å². The molecule has 1 N–H and O–H groups in total. The summed E-state index contributed by atoms with van der Waals surface area (Å²) in [6, 6.07) is 15.1. The summed E-state index contributed by atoms with van der Waals surface area (Å²) < 4.78 is 10.9. The molecule has 0 aromatic heterocycles. The number of rotatable bonds is 6. The molecule has 0 aliphatic carbocycles. The Balaban J connectivity index is 1.99. The van der Waals surface area contributed by atoms with Gasteiger partial charge in [-0.05, 0) is 42.7 Å². The molecule has 0 saturated carbocycles. The smallest absolute Gasteiger partial charge is 0.265 e. The van der Waals surface area contributed by atoms with Crippen LogP contribution >= 0.6 is 0 Å². The van der Waals surface area contributed by atoms with Crippen LogP contribution in [0.3, 0.4) is 0 Å². The van der Waals surface area contributed by atoms with Gasteiger partial charge in [-0.15, -0.1) is 0 Å². The predicted molar refractivity (Wildman–Crippen MR) is 92.2 cm³/mol. The quantitative estimate of drug-likeness (QED) is 0.868. The van der Waals surface area contributed by atoms with E-state index in [0.29, 0.717) is 23.1 Å². The summed E-state index contributed by atoms with van der Waals surface area (Å²) >= 11 is 0. The molecule has 23 heavy (non-hydrogen) atoms. The summed E-state index contributed by atoms with van der Waals surface area (Å²) in [5.41, 5.74) is 1.87. The van der Waals surface area contributed by atoms with Crippen LogP contribution in [0.4, 0.5) is 5.69 Å². The van der Waals surface area contributed by atoms with Gasteiger partial charge in [0.1, 0.15) is 11.5 Å². The summed E-state index contributed by atoms with van der Waals surface area (Å²) in [5, 5.41) is 2.82. The summed E-state index contributed by atoms with van der Waals surface area (Å²) in [5.74, 6) is 1.55. The van der Waals surface area contributed by atoms with Crippen LogP contribution in [0.15, 0.2) is 48.5 Å². The first-order valence-corrected chi connectivity index (χ1v) is 7.71. The molecule has 0 aliphatic heterocycles. The summed E-state index contributed by atoms with van der Waals surface area (Å²) in [6.45, 7) is 6.00. The van der Waals surface area contributed by atoms with E-state index in [0.717, 1.165) is 0 Å². The third-order valence-electron chi connectivity index (χ3n) is 3.59. The molecular weight excluding hydrogens is 290 g/mol. The Labute approximate surface area is 137 Å². The lowest BCUT2D eigenvalue weighted by atomic mass is 10.0. The highest BCUT2D eigenvalue weighted by atomic mass is 16.5. The van der Waals surface area contributed by atoms with Crippen molar-refractivity contribution in [2.24, 2.45) is 0 Å². The first-order valence-electron chi connectivity index (χ1n) is 7.71. The normalized spacial score (nSPS) is 11.9. The Hall–Kier alpha value is -2.49. The molecule has 1 amide bonds. The minimum atomic E-state index is -0.607. The number of methoxy groups -OCH3 is 1. The molecule has 0 heterocycles. The highest BCUT2D eigenvalue weighted by Gasteiger charge is 2.16. The summed E-state index contributed by atoms with van der Waals surface area (Å²) in [6.07, 6.45) is -0.607. The van der Waals surface area contributed by atoms with E-state index < -0.39 is 6.10 Å². The molecule has 2 aromatic carbocycles. The Kier molecular flexibility index (Phi) is 5.63. The standard InChI is InChI=1S/C19H23NO3/c1-13(2)15-9-11-16(12-10-15)23-14(3)19(21)20-17-7-5-6-8-18(17)22-4/h5-14H,1-4H3,(H,20,21). The van der Waals surface area contributed by atoms with Gasteiger partial charge in [-0.25, -0.2) is 0 Å². The van der Waals surface area contributed by atoms with Gasteiger partial charge in [-0.2, -0.15) is 0 Å². The minimum Gasteiger partial charge on any atom is -0.495 e. The van der Waals surface area contributed by atoms with E-state index in [4.69, 9.17) is 9.47 Å². The number of nitrogens with one attached hydrogen (secondary N) is 1. The summed E-state index contributed by atoms with van der Waals surface area (Å²) in [7, 11) is 1.57. The monoisotopic (exact) mass is 313 g/mol. The van der Waals surface area contributed by atoms with Crippen molar-refractivity contribution >= 4 is 11.6 Å². The lowest BCUT2D eigenvalue weighted by Crippen LogP contribution is -2.30. The van der Waals surface area contributed by atoms with Crippen molar-refractivity contribution in [1.29, 1.82) is 0 Å². The molecule has 0 radical (unpaired) electrons. The van der Waals surface area contributed by atoms with Crippen LogP contribution in [-0.4, -0.2) is 19.1 Å². The van der Waals surface area contributed by atoms with Gasteiger partial charge in [-0.1, -0.05) is 38.1 Å². The lowest BCUT2D eigenvalue weighted by Gasteiger charge is -2.16. The molecule has 4 heteroatoms. The van der Waals surface area contributed by atoms with E-state index >= 15 is 0 Å². The van der Waals surface area contributed by atoms with Crippen LogP contribution < -0.4 is 14.8 Å². The van der Waals surface area contributed by atoms with Gasteiger partial charge in [0.25, 0.3) is 5.91 Å². The zero-order valence-electron chi connectivity index (χ0n) is 14.0. The number of carbonyl (C=O) groups is 1. The molecule has 1 unspecified atom stereocenters. The molecule has 0 bridgehead atoms. The number of benzene rings is 2. The number of hydrogen-bond acceptors (Lipinski definition) is 3. The first-order chi connectivity index (χ1) is 11.0. The average molecular weight is 313 g/mol. The molecule has 0 aliphatic rings. The van der Waals surface area contributed by atoms with Crippen LogP contribution in [0.2, 0.25) is 0 Å². The Morgan fingerprint density at radius 2 is 1.65 bits per heavy atom. The largest absolute Gasteiger partial charge is 0.495 e. The van der Waals surface area contributed by atoms with Gasteiger partial charge in [0.2, 0.25) is 0 Å². The Morgan fingerprint density at radius 1 is 1.00 bits per heavy atom. The van der Waals surface area contributed by atoms with E-state index in [2.05, 4.69) is 19.2 Å². The van der Waals surface area contributed by atoms with Gasteiger partial charge >= 0.3 is 0 Å². The average Bonchev–Trinajstić information content (AvgIpc) is 2.55. The second-order valence-corrected chi connectivity index (χ2v) is 5.67. The number of carbonyl (C=O) groups excluding carboxylic acids is 1. The molecule has 0 spiro atoms. The van der Waals surface area contributed by atoms with Crippen LogP contribution in [0.1, 0.15) is 32.3 Å². The van der Waals surface area contributed by atoms with Crippen molar-refractivity contribution in [2.45, 2.75) is 32.8 Å². The fourth-order valence-electron chi connectivity index (χ4n) is 2.17. The molecule has 4 nitrogen and oxygen atoms in total. The maximum Gasteiger partial charge on any atom is 0.265 e. The molecule has 2 rings (SSSR count). The minimum absolute atomic E-state index is 0.220. The zero-order valence-corrected chi connectivity index (χ0v) is 14.0. The second-order valence-electron chi connectivity index (χ2n) is 5.67. The lowest BCUT2D eigenvalue weighted by molar-refractivity contribution is -0.122. The van der Waals surface area contributed by atoms with Crippen LogP contribution in [-0.2, 0) is 4.79 Å². The molecule has 2 aromatic rings. The SMILES string of the molecule is COc1ccccc1NC(=O)C(C)Oc1ccc(C(C)C)cc1. The maximum atomic E-state index is 12.3. The van der Waals surface area contributed by atoms with Gasteiger partial charge < -0.3 is 14.8 Å². The Bertz CT molecular complexity index is 650. The fraction of sp³-hybridized carbons (Fsp3) is 0.316. The highest BCUT2D eigenvalue weighted by Crippen LogP contribution is 2.24. The third-order valence-corrected chi connectivity index (χ3v) is 3.59. The number of hydrogen-bond donors (Lipinski definition) is 1. The third kappa shape index (κ3) is 4.49. The molecular formula is C19H23NO3. The van der Waals surface area contributed by atoms with Gasteiger partial charge in [0.05, 0.1) is 12.8 Å². The van der Waals surface area contributed by atoms with E-state index in [-0.39, 0.29) is 5.91 Å². The van der Waals surface area contributed by atoms with Crippen molar-refractivity contribution in [3.63, 3.8) is 0 Å².